The molecular weight excluding hydrogens is 331 g/mol. The maximum Gasteiger partial charge on any atom is 0.356 e. The molecule has 0 unspecified atom stereocenters. The van der Waals surface area contributed by atoms with Crippen LogP contribution in [0.1, 0.15) is 23.1 Å². The normalized spacial score (nSPS) is 10.8. The van der Waals surface area contributed by atoms with Crippen LogP contribution in [0.25, 0.3) is 21.1 Å². The van der Waals surface area contributed by atoms with Crippen molar-refractivity contribution in [1.29, 1.82) is 0 Å². The quantitative estimate of drug-likeness (QED) is 0.678. The number of nitrogens with zero attached hydrogens (tertiary/aromatic N) is 4. The number of hydrogen-bond acceptors (Lipinski definition) is 6. The van der Waals surface area contributed by atoms with Crippen LogP contribution < -0.4 is 0 Å². The lowest BCUT2D eigenvalue weighted by atomic mass is 10.2. The van der Waals surface area contributed by atoms with Gasteiger partial charge in [-0.05, 0) is 26.0 Å². The van der Waals surface area contributed by atoms with Crippen molar-refractivity contribution < 1.29 is 13.9 Å². The van der Waals surface area contributed by atoms with Gasteiger partial charge < -0.3 is 4.74 Å². The highest BCUT2D eigenvalue weighted by Gasteiger charge is 2.19. The molecule has 0 aromatic carbocycles. The van der Waals surface area contributed by atoms with Gasteiger partial charge >= 0.3 is 5.97 Å². The van der Waals surface area contributed by atoms with Crippen LogP contribution in [0.3, 0.4) is 0 Å². The average Bonchev–Trinajstić information content (AvgIpc) is 3.10. The van der Waals surface area contributed by atoms with Crippen molar-refractivity contribution in [2.75, 3.05) is 6.61 Å². The third-order valence-electron chi connectivity index (χ3n) is 3.35. The number of aryl methyl sites for hydroxylation is 2. The molecule has 0 atom stereocenters. The van der Waals surface area contributed by atoms with Crippen LogP contribution in [0.2, 0.25) is 0 Å². The van der Waals surface area contributed by atoms with Crippen molar-refractivity contribution in [1.82, 2.24) is 19.7 Å². The largest absolute Gasteiger partial charge is 0.461 e. The molecule has 3 aromatic rings. The molecule has 3 heterocycles. The number of thiazole rings is 1. The fourth-order valence-electron chi connectivity index (χ4n) is 2.26. The third kappa shape index (κ3) is 3.05. The van der Waals surface area contributed by atoms with Crippen LogP contribution in [0.5, 0.6) is 0 Å². The van der Waals surface area contributed by atoms with Crippen molar-refractivity contribution in [3.63, 3.8) is 0 Å². The molecule has 8 heteroatoms. The first-order chi connectivity index (χ1) is 11.5. The van der Waals surface area contributed by atoms with E-state index < -0.39 is 11.8 Å². The Morgan fingerprint density at radius 2 is 2.17 bits per heavy atom. The van der Waals surface area contributed by atoms with E-state index in [1.165, 1.54) is 22.1 Å². The lowest BCUT2D eigenvalue weighted by Crippen LogP contribution is -2.10. The van der Waals surface area contributed by atoms with Crippen molar-refractivity contribution in [3.8, 4) is 21.1 Å². The Bertz CT molecular complexity index is 903. The summed E-state index contributed by atoms with van der Waals surface area (Å²) in [6, 6.07) is 3.06. The van der Waals surface area contributed by atoms with E-state index in [1.807, 2.05) is 6.92 Å². The second kappa shape index (κ2) is 6.48. The molecule has 3 aromatic heterocycles. The Hall–Kier alpha value is -2.61. The molecule has 0 spiro atoms. The van der Waals surface area contributed by atoms with Crippen LogP contribution in [0.15, 0.2) is 24.5 Å². The first-order valence-electron chi connectivity index (χ1n) is 7.29. The van der Waals surface area contributed by atoms with Gasteiger partial charge in [-0.1, -0.05) is 0 Å². The van der Waals surface area contributed by atoms with Gasteiger partial charge in [0, 0.05) is 18.8 Å². The number of halogens is 1. The lowest BCUT2D eigenvalue weighted by molar-refractivity contribution is 0.0513. The Balaban J connectivity index is 1.99. The van der Waals surface area contributed by atoms with E-state index in [0.717, 1.165) is 16.8 Å². The number of carbonyl (C=O) groups excluding carboxylic acids is 1. The monoisotopic (exact) mass is 346 g/mol. The van der Waals surface area contributed by atoms with E-state index in [2.05, 4.69) is 15.1 Å². The molecule has 0 aliphatic carbocycles. The minimum atomic E-state index is -0.421. The van der Waals surface area contributed by atoms with Crippen molar-refractivity contribution in [2.24, 2.45) is 7.05 Å². The van der Waals surface area contributed by atoms with Gasteiger partial charge in [-0.2, -0.15) is 5.10 Å². The van der Waals surface area contributed by atoms with Gasteiger partial charge in [0.2, 0.25) is 0 Å². The Morgan fingerprint density at radius 3 is 2.88 bits per heavy atom. The standard InChI is InChI=1S/C16H15FN4O2S/c1-4-23-16(22)13-6-12(20-21(13)3)14-9(2)19-15(24-14)10-5-11(17)8-18-7-10/h5-8H,4H2,1-3H3. The van der Waals surface area contributed by atoms with E-state index in [4.69, 9.17) is 4.74 Å². The average molecular weight is 346 g/mol. The Morgan fingerprint density at radius 1 is 1.38 bits per heavy atom. The molecule has 6 nitrogen and oxygen atoms in total. The zero-order valence-corrected chi connectivity index (χ0v) is 14.2. The minimum Gasteiger partial charge on any atom is -0.461 e. The first-order valence-corrected chi connectivity index (χ1v) is 8.11. The summed E-state index contributed by atoms with van der Waals surface area (Å²) in [5, 5.41) is 5.02. The first kappa shape index (κ1) is 16.3. The molecule has 24 heavy (non-hydrogen) atoms. The second-order valence-electron chi connectivity index (χ2n) is 5.08. The molecular formula is C16H15FN4O2S. The molecule has 0 aliphatic heterocycles. The highest BCUT2D eigenvalue weighted by Crippen LogP contribution is 2.34. The minimum absolute atomic E-state index is 0.301. The molecule has 0 saturated carbocycles. The number of pyridine rings is 1. The SMILES string of the molecule is CCOC(=O)c1cc(-c2sc(-c3cncc(F)c3)nc2C)nn1C. The van der Waals surface area contributed by atoms with Crippen molar-refractivity contribution >= 4 is 17.3 Å². The summed E-state index contributed by atoms with van der Waals surface area (Å²) in [5.74, 6) is -0.834. The van der Waals surface area contributed by atoms with Gasteiger partial charge in [0.25, 0.3) is 0 Å². The van der Waals surface area contributed by atoms with E-state index in [-0.39, 0.29) is 0 Å². The molecule has 0 fully saturated rings. The van der Waals surface area contributed by atoms with Crippen LogP contribution in [0.4, 0.5) is 4.39 Å². The smallest absolute Gasteiger partial charge is 0.356 e. The number of esters is 1. The number of aromatic nitrogens is 4. The fraction of sp³-hybridized carbons (Fsp3) is 0.250. The van der Waals surface area contributed by atoms with Crippen LogP contribution in [-0.4, -0.2) is 32.3 Å². The predicted molar refractivity (Wildman–Crippen MR) is 88.2 cm³/mol. The summed E-state index contributed by atoms with van der Waals surface area (Å²) in [6.07, 6.45) is 2.71. The highest BCUT2D eigenvalue weighted by atomic mass is 32.1. The van der Waals surface area contributed by atoms with Crippen LogP contribution >= 0.6 is 11.3 Å². The molecule has 3 rings (SSSR count). The summed E-state index contributed by atoms with van der Waals surface area (Å²) >= 11 is 1.38. The van der Waals surface area contributed by atoms with E-state index in [1.54, 1.807) is 26.2 Å². The summed E-state index contributed by atoms with van der Waals surface area (Å²) < 4.78 is 19.8. The van der Waals surface area contributed by atoms with Gasteiger partial charge in [0.1, 0.15) is 22.2 Å². The molecule has 0 saturated heterocycles. The van der Waals surface area contributed by atoms with Crippen molar-refractivity contribution in [2.45, 2.75) is 13.8 Å². The van der Waals surface area contributed by atoms with E-state index in [0.29, 0.717) is 28.6 Å². The third-order valence-corrected chi connectivity index (χ3v) is 4.57. The van der Waals surface area contributed by atoms with Crippen LogP contribution in [-0.2, 0) is 11.8 Å². The van der Waals surface area contributed by atoms with Gasteiger partial charge in [0.05, 0.1) is 23.4 Å². The molecule has 0 N–H and O–H groups in total. The fourth-order valence-corrected chi connectivity index (χ4v) is 3.26. The highest BCUT2D eigenvalue weighted by molar-refractivity contribution is 7.18. The summed E-state index contributed by atoms with van der Waals surface area (Å²) in [7, 11) is 1.68. The molecule has 0 radical (unpaired) electrons. The second-order valence-corrected chi connectivity index (χ2v) is 6.08. The molecule has 0 amide bonds. The maximum atomic E-state index is 13.3. The summed E-state index contributed by atoms with van der Waals surface area (Å²) in [4.78, 5) is 21.0. The van der Waals surface area contributed by atoms with E-state index in [9.17, 15) is 9.18 Å². The maximum absolute atomic E-state index is 13.3. The zero-order valence-electron chi connectivity index (χ0n) is 13.4. The number of ether oxygens (including phenoxy) is 1. The number of carbonyl (C=O) groups is 1. The van der Waals surface area contributed by atoms with Gasteiger partial charge in [0.15, 0.2) is 0 Å². The molecule has 124 valence electrons. The van der Waals surface area contributed by atoms with Crippen LogP contribution in [0, 0.1) is 12.7 Å². The zero-order chi connectivity index (χ0) is 17.3. The molecule has 0 aliphatic rings. The Labute approximate surface area is 141 Å². The summed E-state index contributed by atoms with van der Waals surface area (Å²) in [6.45, 7) is 3.90. The van der Waals surface area contributed by atoms with Gasteiger partial charge in [-0.25, -0.2) is 14.2 Å². The molecule has 0 bridgehead atoms. The number of rotatable bonds is 4. The van der Waals surface area contributed by atoms with Gasteiger partial charge in [-0.3, -0.25) is 9.67 Å². The lowest BCUT2D eigenvalue weighted by Gasteiger charge is -1.99. The Kier molecular flexibility index (Phi) is 4.39. The number of hydrogen-bond donors (Lipinski definition) is 0. The topological polar surface area (TPSA) is 69.9 Å². The van der Waals surface area contributed by atoms with E-state index >= 15 is 0 Å². The predicted octanol–water partition coefficient (Wildman–Crippen LogP) is 3.23. The van der Waals surface area contributed by atoms with Gasteiger partial charge in [-0.15, -0.1) is 11.3 Å². The van der Waals surface area contributed by atoms with Crippen molar-refractivity contribution in [3.05, 3.63) is 41.7 Å². The summed E-state index contributed by atoms with van der Waals surface area (Å²) in [5.41, 5.74) is 2.36.